The zero-order chi connectivity index (χ0) is 11.1. The Bertz CT molecular complexity index is 537. The molecule has 2 aromatic heterocycles. The van der Waals surface area contributed by atoms with Crippen LogP contribution in [0.15, 0.2) is 18.5 Å². The molecule has 0 unspecified atom stereocenters. The van der Waals surface area contributed by atoms with Crippen molar-refractivity contribution in [3.8, 4) is 15.6 Å². The van der Waals surface area contributed by atoms with Crippen molar-refractivity contribution in [3.63, 3.8) is 0 Å². The Morgan fingerprint density at radius 2 is 2.19 bits per heavy atom. The van der Waals surface area contributed by atoms with Gasteiger partial charge in [0.1, 0.15) is 10.8 Å². The summed E-state index contributed by atoms with van der Waals surface area (Å²) >= 11 is 1.18. The van der Waals surface area contributed by atoms with Crippen LogP contribution in [0.4, 0.5) is 4.39 Å². The summed E-state index contributed by atoms with van der Waals surface area (Å²) in [6.45, 7) is 0. The molecule has 0 amide bonds. The van der Waals surface area contributed by atoms with Gasteiger partial charge < -0.3 is 5.11 Å². The van der Waals surface area contributed by atoms with E-state index in [1.54, 1.807) is 6.20 Å². The van der Waals surface area contributed by atoms with E-state index in [1.165, 1.54) is 17.4 Å². The van der Waals surface area contributed by atoms with Gasteiger partial charge in [0.25, 0.3) is 0 Å². The second-order valence-corrected chi connectivity index (χ2v) is 4.85. The van der Waals surface area contributed by atoms with E-state index < -0.39 is 0 Å². The van der Waals surface area contributed by atoms with Crippen LogP contribution in [0, 0.1) is 5.82 Å². The van der Waals surface area contributed by atoms with Gasteiger partial charge in [-0.25, -0.2) is 9.37 Å². The molecule has 1 aliphatic rings. The van der Waals surface area contributed by atoms with Crippen molar-refractivity contribution in [2.24, 2.45) is 0 Å². The molecule has 2 aromatic rings. The van der Waals surface area contributed by atoms with E-state index in [-0.39, 0.29) is 10.9 Å². The first-order chi connectivity index (χ1) is 7.74. The first-order valence-corrected chi connectivity index (χ1v) is 5.86. The van der Waals surface area contributed by atoms with E-state index in [2.05, 4.69) is 9.97 Å². The number of nitrogens with zero attached hydrogens (tertiary/aromatic N) is 2. The van der Waals surface area contributed by atoms with Crippen LogP contribution < -0.4 is 0 Å². The minimum Gasteiger partial charge on any atom is -0.498 e. The lowest BCUT2D eigenvalue weighted by Crippen LogP contribution is -1.84. The number of aromatic nitrogens is 2. The van der Waals surface area contributed by atoms with Crippen molar-refractivity contribution in [1.82, 2.24) is 9.97 Å². The molecule has 0 bridgehead atoms. The van der Waals surface area contributed by atoms with Crippen LogP contribution in [0.5, 0.6) is 5.06 Å². The minimum atomic E-state index is -0.389. The van der Waals surface area contributed by atoms with Gasteiger partial charge in [-0.05, 0) is 18.9 Å². The lowest BCUT2D eigenvalue weighted by Gasteiger charge is -1.94. The van der Waals surface area contributed by atoms with Crippen LogP contribution in [-0.2, 0) is 0 Å². The first kappa shape index (κ1) is 9.72. The monoisotopic (exact) mass is 236 g/mol. The lowest BCUT2D eigenvalue weighted by molar-refractivity contribution is 0.482. The van der Waals surface area contributed by atoms with Crippen molar-refractivity contribution >= 4 is 11.3 Å². The lowest BCUT2D eigenvalue weighted by atomic mass is 10.3. The normalized spacial score (nSPS) is 15.3. The van der Waals surface area contributed by atoms with Crippen molar-refractivity contribution in [1.29, 1.82) is 0 Å². The molecule has 2 heterocycles. The standard InChI is InChI=1S/C11H9FN2OS/c12-8-3-7(4-13-5-8)10-14-9(6-1-2-6)11(15)16-10/h3-6,15H,1-2H2. The molecule has 3 nitrogen and oxygen atoms in total. The van der Waals surface area contributed by atoms with Gasteiger partial charge in [0.05, 0.1) is 11.9 Å². The average molecular weight is 236 g/mol. The zero-order valence-corrected chi connectivity index (χ0v) is 9.17. The molecule has 0 radical (unpaired) electrons. The molecule has 16 heavy (non-hydrogen) atoms. The second-order valence-electron chi connectivity index (χ2n) is 3.88. The maximum absolute atomic E-state index is 13.0. The smallest absolute Gasteiger partial charge is 0.195 e. The molecule has 0 aromatic carbocycles. The summed E-state index contributed by atoms with van der Waals surface area (Å²) < 4.78 is 13.0. The fraction of sp³-hybridized carbons (Fsp3) is 0.273. The summed E-state index contributed by atoms with van der Waals surface area (Å²) in [5, 5.41) is 10.6. The van der Waals surface area contributed by atoms with Crippen LogP contribution >= 0.6 is 11.3 Å². The Morgan fingerprint density at radius 1 is 1.38 bits per heavy atom. The van der Waals surface area contributed by atoms with E-state index in [0.717, 1.165) is 24.7 Å². The Hall–Kier alpha value is -1.49. The predicted molar refractivity (Wildman–Crippen MR) is 58.9 cm³/mol. The predicted octanol–water partition coefficient (Wildman–Crippen LogP) is 2.93. The first-order valence-electron chi connectivity index (χ1n) is 5.04. The van der Waals surface area contributed by atoms with Gasteiger partial charge in [0, 0.05) is 17.7 Å². The van der Waals surface area contributed by atoms with Gasteiger partial charge in [-0.3, -0.25) is 4.98 Å². The molecule has 0 spiro atoms. The van der Waals surface area contributed by atoms with Crippen molar-refractivity contribution in [2.75, 3.05) is 0 Å². The maximum atomic E-state index is 13.0. The van der Waals surface area contributed by atoms with Gasteiger partial charge in [-0.1, -0.05) is 11.3 Å². The molecule has 5 heteroatoms. The highest BCUT2D eigenvalue weighted by Crippen LogP contribution is 2.47. The van der Waals surface area contributed by atoms with Gasteiger partial charge in [-0.15, -0.1) is 0 Å². The van der Waals surface area contributed by atoms with Crippen molar-refractivity contribution in [2.45, 2.75) is 18.8 Å². The fourth-order valence-corrected chi connectivity index (χ4v) is 2.47. The number of aromatic hydroxyl groups is 1. The zero-order valence-electron chi connectivity index (χ0n) is 8.35. The molecular formula is C11H9FN2OS. The fourth-order valence-electron chi connectivity index (χ4n) is 1.60. The molecule has 1 aliphatic carbocycles. The van der Waals surface area contributed by atoms with E-state index in [9.17, 15) is 9.50 Å². The van der Waals surface area contributed by atoms with E-state index in [0.29, 0.717) is 16.5 Å². The molecule has 82 valence electrons. The molecule has 1 fully saturated rings. The molecule has 3 rings (SSSR count). The quantitative estimate of drug-likeness (QED) is 0.872. The van der Waals surface area contributed by atoms with Crippen LogP contribution in [0.1, 0.15) is 24.5 Å². The molecule has 0 saturated heterocycles. The van der Waals surface area contributed by atoms with Gasteiger partial charge in [0.2, 0.25) is 0 Å². The highest BCUT2D eigenvalue weighted by atomic mass is 32.1. The summed E-state index contributed by atoms with van der Waals surface area (Å²) in [7, 11) is 0. The second kappa shape index (κ2) is 3.52. The SMILES string of the molecule is Oc1sc(-c2cncc(F)c2)nc1C1CC1. The Balaban J connectivity index is 2.03. The highest BCUT2D eigenvalue weighted by molar-refractivity contribution is 7.16. The molecular weight excluding hydrogens is 227 g/mol. The summed E-state index contributed by atoms with van der Waals surface area (Å²) in [4.78, 5) is 8.12. The van der Waals surface area contributed by atoms with Gasteiger partial charge in [-0.2, -0.15) is 0 Å². The maximum Gasteiger partial charge on any atom is 0.195 e. The van der Waals surface area contributed by atoms with Gasteiger partial charge in [0.15, 0.2) is 5.06 Å². The Labute approximate surface area is 95.6 Å². The van der Waals surface area contributed by atoms with Crippen molar-refractivity contribution in [3.05, 3.63) is 30.0 Å². The third-order valence-corrected chi connectivity index (χ3v) is 3.47. The third kappa shape index (κ3) is 1.67. The van der Waals surface area contributed by atoms with Crippen LogP contribution in [0.2, 0.25) is 0 Å². The number of hydrogen-bond acceptors (Lipinski definition) is 4. The average Bonchev–Trinajstić information content (AvgIpc) is 3.02. The Kier molecular flexibility index (Phi) is 2.14. The topological polar surface area (TPSA) is 46.0 Å². The summed E-state index contributed by atoms with van der Waals surface area (Å²) in [5.41, 5.74) is 1.37. The summed E-state index contributed by atoms with van der Waals surface area (Å²) in [6.07, 6.45) is 4.87. The third-order valence-electron chi connectivity index (χ3n) is 2.55. The number of thiazole rings is 1. The minimum absolute atomic E-state index is 0.252. The number of halogens is 1. The molecule has 0 aliphatic heterocycles. The van der Waals surface area contributed by atoms with Crippen LogP contribution in [0.25, 0.3) is 10.6 Å². The number of hydrogen-bond donors (Lipinski definition) is 1. The van der Waals surface area contributed by atoms with Crippen LogP contribution in [0.3, 0.4) is 0 Å². The largest absolute Gasteiger partial charge is 0.498 e. The van der Waals surface area contributed by atoms with Crippen molar-refractivity contribution < 1.29 is 9.50 Å². The van der Waals surface area contributed by atoms with E-state index >= 15 is 0 Å². The van der Waals surface area contributed by atoms with E-state index in [4.69, 9.17) is 0 Å². The molecule has 1 saturated carbocycles. The highest BCUT2D eigenvalue weighted by Gasteiger charge is 2.30. The summed E-state index contributed by atoms with van der Waals surface area (Å²) in [5.74, 6) is 0.00619. The van der Waals surface area contributed by atoms with E-state index in [1.807, 2.05) is 0 Å². The van der Waals surface area contributed by atoms with Gasteiger partial charge >= 0.3 is 0 Å². The molecule has 0 atom stereocenters. The Morgan fingerprint density at radius 3 is 2.88 bits per heavy atom. The number of rotatable bonds is 2. The molecule has 1 N–H and O–H groups in total. The number of pyridine rings is 1. The van der Waals surface area contributed by atoms with Crippen LogP contribution in [-0.4, -0.2) is 15.1 Å². The summed E-state index contributed by atoms with van der Waals surface area (Å²) in [6, 6.07) is 1.38.